The minimum atomic E-state index is -3.59. The average molecular weight is 369 g/mol. The largest absolute Gasteiger partial charge is 0.497 e. The predicted molar refractivity (Wildman–Crippen MR) is 90.6 cm³/mol. The maximum atomic E-state index is 12.8. The zero-order chi connectivity index (χ0) is 18.4. The number of nitrogens with one attached hydrogen (secondary N) is 1. The fraction of sp³-hybridized carbons (Fsp3) is 0.375. The maximum Gasteiger partial charge on any atom is 0.212 e. The van der Waals surface area contributed by atoms with Crippen molar-refractivity contribution in [3.8, 4) is 11.5 Å². The Morgan fingerprint density at radius 1 is 1.20 bits per heavy atom. The van der Waals surface area contributed by atoms with E-state index in [0.29, 0.717) is 17.1 Å². The van der Waals surface area contributed by atoms with Crippen LogP contribution in [-0.2, 0) is 16.6 Å². The van der Waals surface area contributed by atoms with E-state index in [1.54, 1.807) is 25.1 Å². The van der Waals surface area contributed by atoms with Crippen LogP contribution < -0.4 is 14.2 Å². The van der Waals surface area contributed by atoms with Crippen LogP contribution in [0, 0.1) is 5.82 Å². The molecule has 9 heteroatoms. The first-order chi connectivity index (χ1) is 11.8. The molecule has 2 aromatic rings. The molecule has 0 saturated heterocycles. The summed E-state index contributed by atoms with van der Waals surface area (Å²) >= 11 is 0. The quantitative estimate of drug-likeness (QED) is 0.764. The van der Waals surface area contributed by atoms with Gasteiger partial charge in [-0.15, -0.1) is 0 Å². The Morgan fingerprint density at radius 2 is 1.88 bits per heavy atom. The van der Waals surface area contributed by atoms with Gasteiger partial charge in [-0.2, -0.15) is 0 Å². The smallest absolute Gasteiger partial charge is 0.212 e. The van der Waals surface area contributed by atoms with Gasteiger partial charge in [0.05, 0.1) is 32.4 Å². The van der Waals surface area contributed by atoms with E-state index in [9.17, 15) is 12.8 Å². The maximum absolute atomic E-state index is 12.8. The van der Waals surface area contributed by atoms with E-state index in [0.717, 1.165) is 12.4 Å². The zero-order valence-corrected chi connectivity index (χ0v) is 15.0. The number of nitrogens with zero attached hydrogens (tertiary/aromatic N) is 2. The lowest BCUT2D eigenvalue weighted by Crippen LogP contribution is -2.28. The van der Waals surface area contributed by atoms with Crippen LogP contribution in [0.4, 0.5) is 4.39 Å². The Balaban J connectivity index is 2.03. The first-order valence-electron chi connectivity index (χ1n) is 7.50. The molecule has 1 aromatic heterocycles. The molecular formula is C16H20FN3O4S. The second kappa shape index (κ2) is 8.21. The zero-order valence-electron chi connectivity index (χ0n) is 14.2. The van der Waals surface area contributed by atoms with Crippen LogP contribution in [-0.4, -0.2) is 38.4 Å². The molecule has 1 aromatic carbocycles. The number of hydrogen-bond donors (Lipinski definition) is 1. The van der Waals surface area contributed by atoms with Gasteiger partial charge in [0, 0.05) is 24.1 Å². The standard InChI is InChI=1S/C16H20FN3O4S/c1-11(16-18-8-13(17)9-19-16)10-25(21,22)20-7-12-4-5-14(23-2)6-15(12)24-3/h4-6,8-9,11,20H,7,10H2,1-3H3/t11-/m1/s1. The summed E-state index contributed by atoms with van der Waals surface area (Å²) in [5.74, 6) is 0.160. The molecule has 1 heterocycles. The van der Waals surface area contributed by atoms with Gasteiger partial charge < -0.3 is 9.47 Å². The summed E-state index contributed by atoms with van der Waals surface area (Å²) in [6.45, 7) is 1.74. The lowest BCUT2D eigenvalue weighted by atomic mass is 10.2. The SMILES string of the molecule is COc1ccc(CNS(=O)(=O)C[C@@H](C)c2ncc(F)cn2)c(OC)c1. The van der Waals surface area contributed by atoms with Crippen molar-refractivity contribution in [3.05, 3.63) is 47.8 Å². The molecule has 0 aliphatic heterocycles. The topological polar surface area (TPSA) is 90.4 Å². The summed E-state index contributed by atoms with van der Waals surface area (Å²) < 4.78 is 50.3. The summed E-state index contributed by atoms with van der Waals surface area (Å²) in [6.07, 6.45) is 2.03. The highest BCUT2D eigenvalue weighted by molar-refractivity contribution is 7.89. The van der Waals surface area contributed by atoms with Crippen molar-refractivity contribution in [3.63, 3.8) is 0 Å². The number of benzene rings is 1. The summed E-state index contributed by atoms with van der Waals surface area (Å²) in [4.78, 5) is 7.63. The van der Waals surface area contributed by atoms with Gasteiger partial charge in [-0.05, 0) is 6.07 Å². The van der Waals surface area contributed by atoms with E-state index in [-0.39, 0.29) is 18.1 Å². The van der Waals surface area contributed by atoms with Crippen molar-refractivity contribution in [1.29, 1.82) is 0 Å². The molecule has 0 unspecified atom stereocenters. The van der Waals surface area contributed by atoms with Crippen molar-refractivity contribution in [1.82, 2.24) is 14.7 Å². The fourth-order valence-electron chi connectivity index (χ4n) is 2.22. The Labute approximate surface area is 146 Å². The molecule has 25 heavy (non-hydrogen) atoms. The molecule has 0 bridgehead atoms. The minimum absolute atomic E-state index is 0.0759. The summed E-state index contributed by atoms with van der Waals surface area (Å²) in [5.41, 5.74) is 0.678. The molecule has 0 aliphatic rings. The second-order valence-electron chi connectivity index (χ2n) is 5.44. The van der Waals surface area contributed by atoms with Gasteiger partial charge >= 0.3 is 0 Å². The number of sulfonamides is 1. The van der Waals surface area contributed by atoms with Crippen molar-refractivity contribution in [2.75, 3.05) is 20.0 Å². The number of rotatable bonds is 8. The van der Waals surface area contributed by atoms with Crippen LogP contribution in [0.1, 0.15) is 24.2 Å². The molecule has 0 aliphatic carbocycles. The molecule has 0 spiro atoms. The molecule has 136 valence electrons. The van der Waals surface area contributed by atoms with Crippen LogP contribution in [0.2, 0.25) is 0 Å². The van der Waals surface area contributed by atoms with E-state index in [1.165, 1.54) is 14.2 Å². The van der Waals surface area contributed by atoms with E-state index in [1.807, 2.05) is 0 Å². The van der Waals surface area contributed by atoms with Gasteiger partial charge in [0.15, 0.2) is 5.82 Å². The molecular weight excluding hydrogens is 349 g/mol. The van der Waals surface area contributed by atoms with Crippen LogP contribution in [0.5, 0.6) is 11.5 Å². The molecule has 1 atom stereocenters. The highest BCUT2D eigenvalue weighted by atomic mass is 32.2. The van der Waals surface area contributed by atoms with Gasteiger partial charge in [0.2, 0.25) is 10.0 Å². The number of aromatic nitrogens is 2. The van der Waals surface area contributed by atoms with Crippen molar-refractivity contribution in [2.24, 2.45) is 0 Å². The van der Waals surface area contributed by atoms with Crippen LogP contribution in [0.3, 0.4) is 0 Å². The molecule has 0 amide bonds. The normalized spacial score (nSPS) is 12.6. The minimum Gasteiger partial charge on any atom is -0.497 e. The van der Waals surface area contributed by atoms with Crippen molar-refractivity contribution < 1.29 is 22.3 Å². The third-order valence-electron chi connectivity index (χ3n) is 3.53. The first-order valence-corrected chi connectivity index (χ1v) is 9.15. The number of methoxy groups -OCH3 is 2. The van der Waals surface area contributed by atoms with Gasteiger partial charge in [-0.3, -0.25) is 0 Å². The van der Waals surface area contributed by atoms with Gasteiger partial charge in [-0.25, -0.2) is 27.5 Å². The lowest BCUT2D eigenvalue weighted by Gasteiger charge is -2.14. The van der Waals surface area contributed by atoms with Crippen LogP contribution >= 0.6 is 0 Å². The van der Waals surface area contributed by atoms with E-state index >= 15 is 0 Å². The fourth-order valence-corrected chi connectivity index (χ4v) is 3.53. The summed E-state index contributed by atoms with van der Waals surface area (Å²) in [6, 6.07) is 5.13. The number of halogens is 1. The van der Waals surface area contributed by atoms with E-state index in [2.05, 4.69) is 14.7 Å². The number of hydrogen-bond acceptors (Lipinski definition) is 6. The second-order valence-corrected chi connectivity index (χ2v) is 7.29. The van der Waals surface area contributed by atoms with Gasteiger partial charge in [0.25, 0.3) is 0 Å². The Bertz CT molecular complexity index is 813. The van der Waals surface area contributed by atoms with Crippen LogP contribution in [0.25, 0.3) is 0 Å². The lowest BCUT2D eigenvalue weighted by molar-refractivity contribution is 0.390. The van der Waals surface area contributed by atoms with Crippen molar-refractivity contribution >= 4 is 10.0 Å². The monoisotopic (exact) mass is 369 g/mol. The van der Waals surface area contributed by atoms with Crippen LogP contribution in [0.15, 0.2) is 30.6 Å². The Morgan fingerprint density at radius 3 is 2.48 bits per heavy atom. The van der Waals surface area contributed by atoms with Gasteiger partial charge in [0.1, 0.15) is 17.3 Å². The van der Waals surface area contributed by atoms with Gasteiger partial charge in [-0.1, -0.05) is 13.0 Å². The predicted octanol–water partition coefficient (Wildman–Crippen LogP) is 1.86. The third-order valence-corrected chi connectivity index (χ3v) is 5.05. The first kappa shape index (κ1) is 19.1. The van der Waals surface area contributed by atoms with E-state index < -0.39 is 21.8 Å². The van der Waals surface area contributed by atoms with Crippen molar-refractivity contribution in [2.45, 2.75) is 19.4 Å². The highest BCUT2D eigenvalue weighted by Crippen LogP contribution is 2.24. The summed E-state index contributed by atoms with van der Waals surface area (Å²) in [5, 5.41) is 0. The molecule has 0 fully saturated rings. The molecule has 0 saturated carbocycles. The number of ether oxygens (including phenoxy) is 2. The molecule has 2 rings (SSSR count). The molecule has 7 nitrogen and oxygen atoms in total. The van der Waals surface area contributed by atoms with E-state index in [4.69, 9.17) is 9.47 Å². The molecule has 1 N–H and O–H groups in total. The Kier molecular flexibility index (Phi) is 6.27. The Hall–Kier alpha value is -2.26. The average Bonchev–Trinajstić information content (AvgIpc) is 2.60. The highest BCUT2D eigenvalue weighted by Gasteiger charge is 2.19. The third kappa shape index (κ3) is 5.36. The molecule has 0 radical (unpaired) electrons. The summed E-state index contributed by atoms with van der Waals surface area (Å²) in [7, 11) is -0.550.